The summed E-state index contributed by atoms with van der Waals surface area (Å²) < 4.78 is 6.67. The van der Waals surface area contributed by atoms with Crippen molar-refractivity contribution in [2.24, 2.45) is 5.84 Å². The predicted octanol–water partition coefficient (Wildman–Crippen LogP) is 2.69. The lowest BCUT2D eigenvalue weighted by Crippen LogP contribution is -2.32. The Bertz CT molecular complexity index is 342. The third-order valence-corrected chi connectivity index (χ3v) is 3.48. The zero-order valence-corrected chi connectivity index (χ0v) is 11.5. The number of hydrogen-bond donors (Lipinski definition) is 2. The van der Waals surface area contributed by atoms with Crippen LogP contribution >= 0.6 is 15.9 Å². The number of halogens is 1. The molecule has 1 unspecified atom stereocenters. The smallest absolute Gasteiger partial charge is 0.0705 e. The molecule has 90 valence electrons. The Morgan fingerprint density at radius 1 is 1.44 bits per heavy atom. The van der Waals surface area contributed by atoms with Gasteiger partial charge in [0.2, 0.25) is 0 Å². The molecule has 0 aromatic heterocycles. The first-order chi connectivity index (χ1) is 7.56. The van der Waals surface area contributed by atoms with Gasteiger partial charge in [0.15, 0.2) is 0 Å². The quantitative estimate of drug-likeness (QED) is 0.646. The maximum Gasteiger partial charge on any atom is 0.0705 e. The first kappa shape index (κ1) is 13.6. The van der Waals surface area contributed by atoms with E-state index in [0.29, 0.717) is 6.61 Å². The lowest BCUT2D eigenvalue weighted by molar-refractivity contribution is 0.0610. The van der Waals surface area contributed by atoms with E-state index in [-0.39, 0.29) is 12.1 Å². The molecule has 0 heterocycles. The maximum absolute atomic E-state index is 5.58. The summed E-state index contributed by atoms with van der Waals surface area (Å²) >= 11 is 3.58. The molecule has 0 saturated heterocycles. The van der Waals surface area contributed by atoms with Crippen LogP contribution in [0.5, 0.6) is 0 Å². The molecule has 0 aliphatic rings. The highest BCUT2D eigenvalue weighted by atomic mass is 79.9. The lowest BCUT2D eigenvalue weighted by atomic mass is 10.1. The lowest BCUT2D eigenvalue weighted by Gasteiger charge is -2.20. The van der Waals surface area contributed by atoms with Gasteiger partial charge in [-0.05, 0) is 31.9 Å². The number of benzene rings is 1. The minimum atomic E-state index is 0.0108. The van der Waals surface area contributed by atoms with Gasteiger partial charge in [-0.1, -0.05) is 34.1 Å². The summed E-state index contributed by atoms with van der Waals surface area (Å²) in [6, 6.07) is 6.14. The number of nitrogens with two attached hydrogens (primary N) is 1. The Morgan fingerprint density at radius 3 is 2.69 bits per heavy atom. The second kappa shape index (κ2) is 6.35. The highest BCUT2D eigenvalue weighted by Gasteiger charge is 2.14. The van der Waals surface area contributed by atoms with Crippen molar-refractivity contribution in [3.8, 4) is 0 Å². The number of ether oxygens (including phenoxy) is 1. The van der Waals surface area contributed by atoms with E-state index in [9.17, 15) is 0 Å². The Morgan fingerprint density at radius 2 is 2.12 bits per heavy atom. The average molecular weight is 287 g/mol. The summed E-state index contributed by atoms with van der Waals surface area (Å²) in [7, 11) is 0. The molecule has 0 aliphatic heterocycles. The van der Waals surface area contributed by atoms with Gasteiger partial charge in [-0.2, -0.15) is 0 Å². The number of aryl methyl sites for hydroxylation is 1. The normalized spacial score (nSPS) is 13.1. The van der Waals surface area contributed by atoms with Gasteiger partial charge in [-0.3, -0.25) is 11.3 Å². The van der Waals surface area contributed by atoms with Crippen molar-refractivity contribution in [1.29, 1.82) is 0 Å². The van der Waals surface area contributed by atoms with Crippen LogP contribution in [0.15, 0.2) is 22.7 Å². The Kier molecular flexibility index (Phi) is 5.41. The molecule has 1 aromatic rings. The second-order valence-electron chi connectivity index (χ2n) is 4.08. The molecule has 3 N–H and O–H groups in total. The van der Waals surface area contributed by atoms with Crippen molar-refractivity contribution in [1.82, 2.24) is 5.43 Å². The molecule has 0 amide bonds. The van der Waals surface area contributed by atoms with Gasteiger partial charge in [-0.15, -0.1) is 0 Å². The van der Waals surface area contributed by atoms with Crippen molar-refractivity contribution in [2.45, 2.75) is 32.9 Å². The van der Waals surface area contributed by atoms with Gasteiger partial charge < -0.3 is 4.74 Å². The summed E-state index contributed by atoms with van der Waals surface area (Å²) in [4.78, 5) is 0. The van der Waals surface area contributed by atoms with Crippen LogP contribution in [-0.4, -0.2) is 12.7 Å². The van der Waals surface area contributed by atoms with E-state index in [1.807, 2.05) is 26.0 Å². The van der Waals surface area contributed by atoms with Crippen molar-refractivity contribution < 1.29 is 4.74 Å². The molecule has 1 rings (SSSR count). The highest BCUT2D eigenvalue weighted by Crippen LogP contribution is 2.26. The SMILES string of the molecule is Cc1cccc(C(COC(C)C)NN)c1Br. The molecule has 1 aromatic carbocycles. The first-order valence-corrected chi connectivity index (χ1v) is 6.18. The fourth-order valence-corrected chi connectivity index (χ4v) is 2.00. The average Bonchev–Trinajstić information content (AvgIpc) is 2.24. The van der Waals surface area contributed by atoms with Crippen LogP contribution in [0, 0.1) is 6.92 Å². The van der Waals surface area contributed by atoms with Crippen LogP contribution in [0.2, 0.25) is 0 Å². The Balaban J connectivity index is 2.82. The van der Waals surface area contributed by atoms with Gasteiger partial charge in [0.25, 0.3) is 0 Å². The Labute approximate surface area is 105 Å². The van der Waals surface area contributed by atoms with Crippen LogP contribution < -0.4 is 11.3 Å². The topological polar surface area (TPSA) is 47.3 Å². The fraction of sp³-hybridized carbons (Fsp3) is 0.500. The van der Waals surface area contributed by atoms with Crippen molar-refractivity contribution in [3.63, 3.8) is 0 Å². The van der Waals surface area contributed by atoms with Crippen LogP contribution in [0.4, 0.5) is 0 Å². The number of rotatable bonds is 5. The summed E-state index contributed by atoms with van der Waals surface area (Å²) in [6.07, 6.45) is 0.208. The van der Waals surface area contributed by atoms with E-state index < -0.39 is 0 Å². The number of hydrazine groups is 1. The first-order valence-electron chi connectivity index (χ1n) is 5.39. The molecular weight excluding hydrogens is 268 g/mol. The zero-order valence-electron chi connectivity index (χ0n) is 9.96. The van der Waals surface area contributed by atoms with Gasteiger partial charge in [0, 0.05) is 4.47 Å². The molecule has 0 fully saturated rings. The number of hydrogen-bond acceptors (Lipinski definition) is 3. The van der Waals surface area contributed by atoms with E-state index >= 15 is 0 Å². The molecule has 0 radical (unpaired) electrons. The molecule has 0 bridgehead atoms. The van der Waals surface area contributed by atoms with Gasteiger partial charge >= 0.3 is 0 Å². The van der Waals surface area contributed by atoms with Gasteiger partial charge in [0.05, 0.1) is 18.8 Å². The fourth-order valence-electron chi connectivity index (χ4n) is 1.46. The minimum Gasteiger partial charge on any atom is -0.377 e. The molecular formula is C12H19BrN2O. The maximum atomic E-state index is 5.58. The molecule has 16 heavy (non-hydrogen) atoms. The molecule has 1 atom stereocenters. The molecule has 0 aliphatic carbocycles. The third-order valence-electron chi connectivity index (χ3n) is 2.39. The monoisotopic (exact) mass is 286 g/mol. The summed E-state index contributed by atoms with van der Waals surface area (Å²) in [5.74, 6) is 5.56. The highest BCUT2D eigenvalue weighted by molar-refractivity contribution is 9.10. The van der Waals surface area contributed by atoms with E-state index in [1.54, 1.807) is 0 Å². The standard InChI is InChI=1S/C12H19BrN2O/c1-8(2)16-7-11(15-14)10-6-4-5-9(3)12(10)13/h4-6,8,11,15H,7,14H2,1-3H3. The second-order valence-corrected chi connectivity index (χ2v) is 4.87. The molecule has 4 heteroatoms. The van der Waals surface area contributed by atoms with E-state index in [1.165, 1.54) is 5.56 Å². The van der Waals surface area contributed by atoms with Crippen molar-refractivity contribution >= 4 is 15.9 Å². The van der Waals surface area contributed by atoms with E-state index in [0.717, 1.165) is 10.0 Å². The van der Waals surface area contributed by atoms with Crippen molar-refractivity contribution in [2.75, 3.05) is 6.61 Å². The molecule has 3 nitrogen and oxygen atoms in total. The van der Waals surface area contributed by atoms with Crippen LogP contribution in [-0.2, 0) is 4.74 Å². The predicted molar refractivity (Wildman–Crippen MR) is 70.0 cm³/mol. The van der Waals surface area contributed by atoms with Crippen LogP contribution in [0.1, 0.15) is 31.0 Å². The zero-order chi connectivity index (χ0) is 12.1. The summed E-state index contributed by atoms with van der Waals surface area (Å²) in [5.41, 5.74) is 5.11. The largest absolute Gasteiger partial charge is 0.377 e. The number of nitrogens with one attached hydrogen (secondary N) is 1. The third kappa shape index (κ3) is 3.56. The molecule has 0 spiro atoms. The van der Waals surface area contributed by atoms with E-state index in [4.69, 9.17) is 10.6 Å². The van der Waals surface area contributed by atoms with Gasteiger partial charge in [-0.25, -0.2) is 0 Å². The van der Waals surface area contributed by atoms with Crippen molar-refractivity contribution in [3.05, 3.63) is 33.8 Å². The summed E-state index contributed by atoms with van der Waals surface area (Å²) in [6.45, 7) is 6.65. The minimum absolute atomic E-state index is 0.0108. The van der Waals surface area contributed by atoms with Crippen LogP contribution in [0.3, 0.4) is 0 Å². The summed E-state index contributed by atoms with van der Waals surface area (Å²) in [5, 5.41) is 0. The molecule has 0 saturated carbocycles. The van der Waals surface area contributed by atoms with Gasteiger partial charge in [0.1, 0.15) is 0 Å². The van der Waals surface area contributed by atoms with E-state index in [2.05, 4.69) is 34.3 Å². The Hall–Kier alpha value is -0.420. The van der Waals surface area contributed by atoms with Crippen LogP contribution in [0.25, 0.3) is 0 Å².